The van der Waals surface area contributed by atoms with Crippen LogP contribution < -0.4 is 15.0 Å². The average Bonchev–Trinajstić information content (AvgIpc) is 2.85. The van der Waals surface area contributed by atoms with Gasteiger partial charge < -0.3 is 19.7 Å². The summed E-state index contributed by atoms with van der Waals surface area (Å²) in [6, 6.07) is 12.3. The Morgan fingerprint density at radius 3 is 2.66 bits per heavy atom. The molecular weight excluding hydrogens is 459 g/mol. The van der Waals surface area contributed by atoms with Crippen molar-refractivity contribution >= 4 is 17.5 Å². The molecule has 6 nitrogen and oxygen atoms in total. The maximum atomic E-state index is 13.2. The molecule has 1 N–H and O–H groups in total. The van der Waals surface area contributed by atoms with E-state index in [-0.39, 0.29) is 12.6 Å². The molecule has 0 aliphatic carbocycles. The zero-order valence-electron chi connectivity index (χ0n) is 19.6. The molecular formula is C26H26F3N3O3. The minimum atomic E-state index is -4.40. The Balaban J connectivity index is 1.62. The topological polar surface area (TPSA) is 63.7 Å². The second-order valence-corrected chi connectivity index (χ2v) is 8.42. The Bertz CT molecular complexity index is 1210. The van der Waals surface area contributed by atoms with Crippen LogP contribution in [0.2, 0.25) is 0 Å². The second kappa shape index (κ2) is 9.85. The van der Waals surface area contributed by atoms with Gasteiger partial charge in [-0.1, -0.05) is 24.3 Å². The summed E-state index contributed by atoms with van der Waals surface area (Å²) in [4.78, 5) is 18.3. The lowest BCUT2D eigenvalue weighted by atomic mass is 10.1. The van der Waals surface area contributed by atoms with Crippen LogP contribution in [0.5, 0.6) is 5.75 Å². The second-order valence-electron chi connectivity index (χ2n) is 8.42. The highest BCUT2D eigenvalue weighted by molar-refractivity contribution is 5.89. The number of carbonyl (C=O) groups excluding carboxylic acids is 1. The molecule has 4 rings (SSSR count). The van der Waals surface area contributed by atoms with Gasteiger partial charge in [0, 0.05) is 18.3 Å². The molecule has 0 amide bonds. The minimum absolute atomic E-state index is 0.168. The number of anilines is 2. The number of esters is 1. The van der Waals surface area contributed by atoms with E-state index in [1.54, 1.807) is 24.4 Å². The largest absolute Gasteiger partial charge is 0.489 e. The summed E-state index contributed by atoms with van der Waals surface area (Å²) in [5.74, 6) is 0.824. The predicted octanol–water partition coefficient (Wildman–Crippen LogP) is 5.77. The van der Waals surface area contributed by atoms with Crippen molar-refractivity contribution in [1.29, 1.82) is 0 Å². The number of aromatic nitrogens is 1. The van der Waals surface area contributed by atoms with Gasteiger partial charge in [-0.25, -0.2) is 9.78 Å². The van der Waals surface area contributed by atoms with Crippen LogP contribution in [0.1, 0.15) is 45.6 Å². The first-order valence-corrected chi connectivity index (χ1v) is 11.2. The highest BCUT2D eigenvalue weighted by Crippen LogP contribution is 2.41. The average molecular weight is 486 g/mol. The smallest absolute Gasteiger partial charge is 0.416 e. The summed E-state index contributed by atoms with van der Waals surface area (Å²) in [6.07, 6.45) is -2.69. The summed E-state index contributed by atoms with van der Waals surface area (Å²) >= 11 is 0. The Morgan fingerprint density at radius 1 is 1.23 bits per heavy atom. The molecule has 0 radical (unpaired) electrons. The van der Waals surface area contributed by atoms with Gasteiger partial charge in [0.05, 0.1) is 30.8 Å². The molecule has 0 saturated heterocycles. The van der Waals surface area contributed by atoms with Gasteiger partial charge in [0.2, 0.25) is 0 Å². The van der Waals surface area contributed by atoms with Crippen LogP contribution in [-0.2, 0) is 17.5 Å². The molecule has 184 valence electrons. The van der Waals surface area contributed by atoms with Crippen molar-refractivity contribution in [1.82, 2.24) is 4.98 Å². The van der Waals surface area contributed by atoms with Crippen LogP contribution in [0.25, 0.3) is 0 Å². The Kier molecular flexibility index (Phi) is 6.86. The normalized spacial score (nSPS) is 14.1. The van der Waals surface area contributed by atoms with Crippen molar-refractivity contribution in [2.24, 2.45) is 0 Å². The van der Waals surface area contributed by atoms with Crippen LogP contribution in [0.3, 0.4) is 0 Å². The summed E-state index contributed by atoms with van der Waals surface area (Å²) in [5, 5.41) is 3.40. The van der Waals surface area contributed by atoms with Crippen molar-refractivity contribution in [3.05, 3.63) is 82.5 Å². The van der Waals surface area contributed by atoms with E-state index in [4.69, 9.17) is 9.47 Å². The SMILES string of the molecule is COC(=O)c1ccc([C@H](C)Nc2ncc(C)c3c2N(Cc2cccc(C(F)(F)F)c2)CCO3)cc1. The Labute approximate surface area is 201 Å². The number of aryl methyl sites for hydroxylation is 1. The van der Waals surface area contributed by atoms with E-state index in [1.807, 2.05) is 30.9 Å². The lowest BCUT2D eigenvalue weighted by Crippen LogP contribution is -2.33. The van der Waals surface area contributed by atoms with Crippen molar-refractivity contribution in [3.63, 3.8) is 0 Å². The quantitative estimate of drug-likeness (QED) is 0.448. The van der Waals surface area contributed by atoms with E-state index in [1.165, 1.54) is 19.2 Å². The lowest BCUT2D eigenvalue weighted by Gasteiger charge is -2.34. The summed E-state index contributed by atoms with van der Waals surface area (Å²) in [5.41, 5.74) is 2.81. The van der Waals surface area contributed by atoms with Gasteiger partial charge in [-0.3, -0.25) is 0 Å². The standard InChI is InChI=1S/C26H26F3N3O3/c1-16-14-30-24(31-17(2)19-7-9-20(10-8-19)25(33)34-3)22-23(16)35-12-11-32(22)15-18-5-4-6-21(13-18)26(27,28)29/h4-10,13-14,17H,11-12,15H2,1-3H3,(H,30,31)/t17-/m0/s1. The molecule has 2 heterocycles. The molecule has 1 aliphatic rings. The lowest BCUT2D eigenvalue weighted by molar-refractivity contribution is -0.137. The van der Waals surface area contributed by atoms with Gasteiger partial charge in [-0.05, 0) is 49.2 Å². The van der Waals surface area contributed by atoms with Gasteiger partial charge >= 0.3 is 12.1 Å². The molecule has 0 spiro atoms. The molecule has 0 fully saturated rings. The van der Waals surface area contributed by atoms with Crippen LogP contribution in [0, 0.1) is 6.92 Å². The first-order valence-electron chi connectivity index (χ1n) is 11.2. The van der Waals surface area contributed by atoms with E-state index in [2.05, 4.69) is 10.3 Å². The van der Waals surface area contributed by atoms with Crippen molar-refractivity contribution in [2.75, 3.05) is 30.5 Å². The summed E-state index contributed by atoms with van der Waals surface area (Å²) in [7, 11) is 1.33. The fourth-order valence-corrected chi connectivity index (χ4v) is 4.06. The number of hydrogen-bond donors (Lipinski definition) is 1. The van der Waals surface area contributed by atoms with E-state index in [0.717, 1.165) is 17.2 Å². The van der Waals surface area contributed by atoms with Crippen molar-refractivity contribution in [2.45, 2.75) is 32.6 Å². The predicted molar refractivity (Wildman–Crippen MR) is 127 cm³/mol. The molecule has 1 aromatic heterocycles. The van der Waals surface area contributed by atoms with E-state index >= 15 is 0 Å². The minimum Gasteiger partial charge on any atom is -0.489 e. The number of methoxy groups -OCH3 is 1. The molecule has 1 atom stereocenters. The number of ether oxygens (including phenoxy) is 2. The van der Waals surface area contributed by atoms with E-state index in [0.29, 0.717) is 41.5 Å². The van der Waals surface area contributed by atoms with Gasteiger partial charge in [-0.2, -0.15) is 13.2 Å². The fourth-order valence-electron chi connectivity index (χ4n) is 4.06. The molecule has 0 unspecified atom stereocenters. The van der Waals surface area contributed by atoms with E-state index < -0.39 is 17.7 Å². The number of alkyl halides is 3. The Hall–Kier alpha value is -3.75. The zero-order valence-corrected chi connectivity index (χ0v) is 19.6. The fraction of sp³-hybridized carbons (Fsp3) is 0.308. The van der Waals surface area contributed by atoms with Crippen LogP contribution in [0.15, 0.2) is 54.7 Å². The van der Waals surface area contributed by atoms with Crippen molar-refractivity contribution in [3.8, 4) is 5.75 Å². The monoisotopic (exact) mass is 485 g/mol. The van der Waals surface area contributed by atoms with Crippen LogP contribution in [-0.4, -0.2) is 31.2 Å². The number of carbonyl (C=O) groups is 1. The molecule has 2 aromatic carbocycles. The number of halogens is 3. The number of benzene rings is 2. The number of rotatable bonds is 6. The number of pyridine rings is 1. The Morgan fingerprint density at radius 2 is 1.97 bits per heavy atom. The molecule has 3 aromatic rings. The molecule has 9 heteroatoms. The first kappa shape index (κ1) is 24.4. The summed E-state index contributed by atoms with van der Waals surface area (Å²) in [6.45, 7) is 5.05. The molecule has 35 heavy (non-hydrogen) atoms. The van der Waals surface area contributed by atoms with Gasteiger partial charge in [0.15, 0.2) is 11.6 Å². The third-order valence-electron chi connectivity index (χ3n) is 5.92. The maximum absolute atomic E-state index is 13.2. The summed E-state index contributed by atoms with van der Waals surface area (Å²) < 4.78 is 50.3. The molecule has 0 saturated carbocycles. The van der Waals surface area contributed by atoms with Gasteiger partial charge in [0.1, 0.15) is 12.3 Å². The number of nitrogens with zero attached hydrogens (tertiary/aromatic N) is 2. The zero-order chi connectivity index (χ0) is 25.2. The number of hydrogen-bond acceptors (Lipinski definition) is 6. The van der Waals surface area contributed by atoms with Crippen LogP contribution >= 0.6 is 0 Å². The third kappa shape index (κ3) is 5.34. The van der Waals surface area contributed by atoms with E-state index in [9.17, 15) is 18.0 Å². The van der Waals surface area contributed by atoms with Crippen LogP contribution in [0.4, 0.5) is 24.7 Å². The number of nitrogens with one attached hydrogen (secondary N) is 1. The maximum Gasteiger partial charge on any atom is 0.416 e. The third-order valence-corrected chi connectivity index (χ3v) is 5.92. The first-order chi connectivity index (χ1) is 16.7. The highest BCUT2D eigenvalue weighted by Gasteiger charge is 2.31. The molecule has 1 aliphatic heterocycles. The highest BCUT2D eigenvalue weighted by atomic mass is 19.4. The van der Waals surface area contributed by atoms with Gasteiger partial charge in [-0.15, -0.1) is 0 Å². The van der Waals surface area contributed by atoms with Crippen molar-refractivity contribution < 1.29 is 27.4 Å². The number of fused-ring (bicyclic) bond motifs is 1. The molecule has 0 bridgehead atoms. The van der Waals surface area contributed by atoms with Gasteiger partial charge in [0.25, 0.3) is 0 Å².